The molecular weight excluding hydrogens is 351 g/mol. The van der Waals surface area contributed by atoms with Gasteiger partial charge in [0, 0.05) is 5.69 Å². The molecule has 0 aliphatic carbocycles. The fraction of sp³-hybridized carbons (Fsp3) is 0.278. The maximum atomic E-state index is 12.4. The lowest BCUT2D eigenvalue weighted by Gasteiger charge is -2.19. The molecule has 0 radical (unpaired) electrons. The lowest BCUT2D eigenvalue weighted by Crippen LogP contribution is -2.32. The molecule has 0 spiro atoms. The zero-order chi connectivity index (χ0) is 19.2. The number of carbonyl (C=O) groups is 1. The van der Waals surface area contributed by atoms with Crippen LogP contribution in [-0.4, -0.2) is 25.5 Å². The first-order valence-corrected chi connectivity index (χ1v) is 7.78. The predicted octanol–water partition coefficient (Wildman–Crippen LogP) is 4.39. The Morgan fingerprint density at radius 1 is 1.08 bits per heavy atom. The van der Waals surface area contributed by atoms with Crippen LogP contribution in [-0.2, 0) is 4.79 Å². The molecule has 8 heteroatoms. The van der Waals surface area contributed by atoms with E-state index in [1.165, 1.54) is 19.2 Å². The molecule has 2 aromatic rings. The Balaban J connectivity index is 2.02. The van der Waals surface area contributed by atoms with Crippen LogP contribution in [0.15, 0.2) is 48.5 Å². The third-order valence-electron chi connectivity index (χ3n) is 3.36. The molecule has 2 aromatic carbocycles. The Morgan fingerprint density at radius 3 is 2.23 bits per heavy atom. The van der Waals surface area contributed by atoms with Crippen LogP contribution >= 0.6 is 0 Å². The number of halogens is 3. The number of nitrogens with one attached hydrogen (secondary N) is 1. The van der Waals surface area contributed by atoms with E-state index in [2.05, 4.69) is 10.1 Å². The van der Waals surface area contributed by atoms with Crippen LogP contribution in [0.3, 0.4) is 0 Å². The predicted molar refractivity (Wildman–Crippen MR) is 89.5 cm³/mol. The van der Waals surface area contributed by atoms with E-state index in [0.29, 0.717) is 23.6 Å². The minimum Gasteiger partial charge on any atom is -0.493 e. The normalized spacial score (nSPS) is 12.2. The van der Waals surface area contributed by atoms with E-state index in [0.717, 1.165) is 12.1 Å². The number of carbonyl (C=O) groups excluding carboxylic acids is 1. The number of ether oxygens (including phenoxy) is 3. The van der Waals surface area contributed by atoms with Crippen LogP contribution in [0.1, 0.15) is 13.3 Å². The first-order valence-electron chi connectivity index (χ1n) is 7.78. The SMILES string of the molecule is CC[C@H](Oc1ccccc1OC)C(=O)Nc1ccc(OC(F)(F)F)cc1. The highest BCUT2D eigenvalue weighted by molar-refractivity contribution is 5.94. The van der Waals surface area contributed by atoms with Crippen LogP contribution < -0.4 is 19.5 Å². The van der Waals surface area contributed by atoms with E-state index < -0.39 is 18.4 Å². The van der Waals surface area contributed by atoms with E-state index in [9.17, 15) is 18.0 Å². The molecule has 0 saturated heterocycles. The standard InChI is InChI=1S/C18H18F3NO4/c1-3-14(25-16-7-5-4-6-15(16)24-2)17(23)22-12-8-10-13(11-9-12)26-18(19,20)21/h4-11,14H,3H2,1-2H3,(H,22,23)/t14-/m0/s1. The molecule has 0 aromatic heterocycles. The maximum Gasteiger partial charge on any atom is 0.573 e. The summed E-state index contributed by atoms with van der Waals surface area (Å²) in [5, 5.41) is 2.60. The van der Waals surface area contributed by atoms with Crippen molar-refractivity contribution in [1.82, 2.24) is 0 Å². The Bertz CT molecular complexity index is 732. The van der Waals surface area contributed by atoms with Crippen molar-refractivity contribution in [2.45, 2.75) is 25.8 Å². The molecule has 5 nitrogen and oxygen atoms in total. The number of methoxy groups -OCH3 is 1. The largest absolute Gasteiger partial charge is 0.573 e. The van der Waals surface area contributed by atoms with Crippen LogP contribution in [0.25, 0.3) is 0 Å². The summed E-state index contributed by atoms with van der Waals surface area (Å²) in [5.74, 6) is 0.119. The van der Waals surface area contributed by atoms with Crippen molar-refractivity contribution in [3.63, 3.8) is 0 Å². The Hall–Kier alpha value is -2.90. The summed E-state index contributed by atoms with van der Waals surface area (Å²) in [5.41, 5.74) is 0.326. The quantitative estimate of drug-likeness (QED) is 0.786. The molecule has 140 valence electrons. The zero-order valence-electron chi connectivity index (χ0n) is 14.2. The van der Waals surface area contributed by atoms with Gasteiger partial charge in [-0.3, -0.25) is 4.79 Å². The average molecular weight is 369 g/mol. The Labute approximate surface area is 148 Å². The van der Waals surface area contributed by atoms with Crippen LogP contribution in [0.2, 0.25) is 0 Å². The summed E-state index contributed by atoms with van der Waals surface area (Å²) in [6.07, 6.45) is -5.17. The lowest BCUT2D eigenvalue weighted by molar-refractivity contribution is -0.274. The van der Waals surface area contributed by atoms with Crippen molar-refractivity contribution in [3.05, 3.63) is 48.5 Å². The number of rotatable bonds is 7. The van der Waals surface area contributed by atoms with Gasteiger partial charge in [-0.2, -0.15) is 0 Å². The second-order valence-corrected chi connectivity index (χ2v) is 5.23. The third-order valence-corrected chi connectivity index (χ3v) is 3.36. The van der Waals surface area contributed by atoms with Gasteiger partial charge in [0.25, 0.3) is 5.91 Å². The van der Waals surface area contributed by atoms with Gasteiger partial charge in [0.15, 0.2) is 17.6 Å². The number of alkyl halides is 3. The van der Waals surface area contributed by atoms with E-state index in [1.54, 1.807) is 31.2 Å². The Morgan fingerprint density at radius 2 is 1.69 bits per heavy atom. The fourth-order valence-corrected chi connectivity index (χ4v) is 2.15. The van der Waals surface area contributed by atoms with Gasteiger partial charge in [-0.25, -0.2) is 0 Å². The van der Waals surface area contributed by atoms with Crippen molar-refractivity contribution in [2.24, 2.45) is 0 Å². The second-order valence-electron chi connectivity index (χ2n) is 5.23. The van der Waals surface area contributed by atoms with Gasteiger partial charge >= 0.3 is 6.36 Å². The van der Waals surface area contributed by atoms with Gasteiger partial charge in [0.1, 0.15) is 5.75 Å². The van der Waals surface area contributed by atoms with Crippen molar-refractivity contribution in [1.29, 1.82) is 0 Å². The van der Waals surface area contributed by atoms with Crippen molar-refractivity contribution >= 4 is 11.6 Å². The second kappa shape index (κ2) is 8.46. The number of hydrogen-bond donors (Lipinski definition) is 1. The number of anilines is 1. The third kappa shape index (κ3) is 5.58. The minimum atomic E-state index is -4.76. The molecule has 0 aliphatic rings. The minimum absolute atomic E-state index is 0.326. The first-order chi connectivity index (χ1) is 12.3. The highest BCUT2D eigenvalue weighted by Gasteiger charge is 2.31. The first kappa shape index (κ1) is 19.4. The van der Waals surface area contributed by atoms with Crippen molar-refractivity contribution < 1.29 is 32.2 Å². The summed E-state index contributed by atoms with van der Waals surface area (Å²) >= 11 is 0. The zero-order valence-corrected chi connectivity index (χ0v) is 14.2. The van der Waals surface area contributed by atoms with Crippen LogP contribution in [0.5, 0.6) is 17.2 Å². The molecule has 0 bridgehead atoms. The van der Waals surface area contributed by atoms with E-state index in [4.69, 9.17) is 9.47 Å². The van der Waals surface area contributed by atoms with Gasteiger partial charge in [0.2, 0.25) is 0 Å². The number of para-hydroxylation sites is 2. The van der Waals surface area contributed by atoms with Crippen molar-refractivity contribution in [2.75, 3.05) is 12.4 Å². The summed E-state index contributed by atoms with van der Waals surface area (Å²) < 4.78 is 51.1. The summed E-state index contributed by atoms with van der Waals surface area (Å²) in [7, 11) is 1.49. The summed E-state index contributed by atoms with van der Waals surface area (Å²) in [6.45, 7) is 1.78. The van der Waals surface area contributed by atoms with Gasteiger partial charge in [-0.1, -0.05) is 19.1 Å². The highest BCUT2D eigenvalue weighted by atomic mass is 19.4. The fourth-order valence-electron chi connectivity index (χ4n) is 2.15. The van der Waals surface area contributed by atoms with Gasteiger partial charge in [0.05, 0.1) is 7.11 Å². The van der Waals surface area contributed by atoms with E-state index in [1.807, 2.05) is 0 Å². The molecule has 0 fully saturated rings. The average Bonchev–Trinajstić information content (AvgIpc) is 2.60. The van der Waals surface area contributed by atoms with E-state index in [-0.39, 0.29) is 5.75 Å². The lowest BCUT2D eigenvalue weighted by atomic mass is 10.2. The molecule has 0 saturated carbocycles. The molecule has 0 aliphatic heterocycles. The molecule has 0 heterocycles. The molecule has 2 rings (SSSR count). The van der Waals surface area contributed by atoms with Crippen molar-refractivity contribution in [3.8, 4) is 17.2 Å². The molecule has 1 atom stereocenters. The number of hydrogen-bond acceptors (Lipinski definition) is 4. The maximum absolute atomic E-state index is 12.4. The smallest absolute Gasteiger partial charge is 0.493 e. The van der Waals surface area contributed by atoms with Gasteiger partial charge < -0.3 is 19.5 Å². The highest BCUT2D eigenvalue weighted by Crippen LogP contribution is 2.28. The molecule has 0 unspecified atom stereocenters. The summed E-state index contributed by atoms with van der Waals surface area (Å²) in [6, 6.07) is 11.8. The van der Waals surface area contributed by atoms with Crippen LogP contribution in [0.4, 0.5) is 18.9 Å². The molecule has 1 N–H and O–H groups in total. The molecule has 26 heavy (non-hydrogen) atoms. The monoisotopic (exact) mass is 369 g/mol. The van der Waals surface area contributed by atoms with Gasteiger partial charge in [-0.15, -0.1) is 13.2 Å². The summed E-state index contributed by atoms with van der Waals surface area (Å²) in [4.78, 5) is 12.4. The number of amides is 1. The number of benzene rings is 2. The molecule has 1 amide bonds. The van der Waals surface area contributed by atoms with E-state index >= 15 is 0 Å². The van der Waals surface area contributed by atoms with Gasteiger partial charge in [-0.05, 0) is 42.8 Å². The Kier molecular flexibility index (Phi) is 6.32. The molecular formula is C18H18F3NO4. The van der Waals surface area contributed by atoms with Crippen LogP contribution in [0, 0.1) is 0 Å². The topological polar surface area (TPSA) is 56.8 Å².